The van der Waals surface area contributed by atoms with Crippen LogP contribution in [0.4, 0.5) is 0 Å². The van der Waals surface area contributed by atoms with Gasteiger partial charge in [0.05, 0.1) is 12.9 Å². The van der Waals surface area contributed by atoms with Crippen molar-refractivity contribution in [3.8, 4) is 0 Å². The molecule has 1 unspecified atom stereocenters. The monoisotopic (exact) mass is 209 g/mol. The minimum absolute atomic E-state index is 0.00981. The molecule has 0 spiro atoms. The smallest absolute Gasteiger partial charge is 0.159 e. The molecule has 5 nitrogen and oxygen atoms in total. The summed E-state index contributed by atoms with van der Waals surface area (Å²) in [6, 6.07) is 0. The Bertz CT molecular complexity index is 255. The van der Waals surface area contributed by atoms with E-state index in [0.717, 1.165) is 0 Å². The van der Waals surface area contributed by atoms with Gasteiger partial charge in [-0.05, 0) is 12.5 Å². The first-order valence-corrected chi connectivity index (χ1v) is 4.57. The fraction of sp³-hybridized carbons (Fsp3) is 0.600. The molecule has 0 fully saturated rings. The molecule has 0 amide bonds. The van der Waals surface area contributed by atoms with Gasteiger partial charge in [0.1, 0.15) is 0 Å². The summed E-state index contributed by atoms with van der Waals surface area (Å²) in [5.41, 5.74) is 8.33. The second-order valence-corrected chi connectivity index (χ2v) is 3.58. The highest BCUT2D eigenvalue weighted by Gasteiger charge is 2.04. The van der Waals surface area contributed by atoms with Crippen LogP contribution in [0.2, 0.25) is 0 Å². The zero-order chi connectivity index (χ0) is 9.56. The highest BCUT2D eigenvalue weighted by Crippen LogP contribution is 2.11. The Hall–Kier alpha value is -0.550. The molecule has 0 bridgehead atoms. The van der Waals surface area contributed by atoms with Gasteiger partial charge in [0.2, 0.25) is 0 Å². The number of hydrogen-bond acceptors (Lipinski definition) is 3. The summed E-state index contributed by atoms with van der Waals surface area (Å²) in [4.78, 5) is 2.54. The summed E-state index contributed by atoms with van der Waals surface area (Å²) < 4.78 is 15.3. The molecule has 0 N–H and O–H groups in total. The van der Waals surface area contributed by atoms with E-state index in [4.69, 9.17) is 17.1 Å². The van der Waals surface area contributed by atoms with Crippen LogP contribution >= 0.6 is 11.6 Å². The van der Waals surface area contributed by atoms with Crippen LogP contribution in [-0.4, -0.2) is 17.1 Å². The number of rotatable bonds is 4. The lowest BCUT2D eigenvalue weighted by molar-refractivity contribution is 0.447. The highest BCUT2D eigenvalue weighted by atomic mass is 35.5. The van der Waals surface area contributed by atoms with Crippen molar-refractivity contribution in [2.45, 2.75) is 6.92 Å². The molecule has 0 aromatic carbocycles. The van der Waals surface area contributed by atoms with Crippen LogP contribution in [0.25, 0.3) is 10.4 Å². The van der Waals surface area contributed by atoms with Gasteiger partial charge in [-0.15, -0.1) is 0 Å². The molecular formula is C5H8ClN3O2S. The zero-order valence-corrected chi connectivity index (χ0v) is 8.22. The maximum Gasteiger partial charge on any atom is 0.159 e. The van der Waals surface area contributed by atoms with Gasteiger partial charge in [0.15, 0.2) is 11.1 Å². The maximum absolute atomic E-state index is 10.8. The topological polar surface area (TPSA) is 75.1 Å². The lowest BCUT2D eigenvalue weighted by Crippen LogP contribution is -2.01. The molecule has 0 saturated carbocycles. The van der Waals surface area contributed by atoms with E-state index in [1.807, 2.05) is 0 Å². The Labute approximate surface area is 77.6 Å². The fourth-order valence-electron chi connectivity index (χ4n) is 0.422. The van der Waals surface area contributed by atoms with Crippen LogP contribution < -0.4 is 0 Å². The number of hydrogen-bond donors (Lipinski definition) is 0. The molecule has 0 aromatic heterocycles. The van der Waals surface area contributed by atoms with Crippen molar-refractivity contribution in [1.29, 1.82) is 0 Å². The summed E-state index contributed by atoms with van der Waals surface area (Å²) in [6.07, 6.45) is 0. The van der Waals surface area contributed by atoms with Crippen LogP contribution in [0.1, 0.15) is 6.92 Å². The van der Waals surface area contributed by atoms with E-state index in [1.54, 1.807) is 6.92 Å². The van der Waals surface area contributed by atoms with Crippen molar-refractivity contribution in [1.82, 2.24) is 0 Å². The summed E-state index contributed by atoms with van der Waals surface area (Å²) >= 11 is 4.06. The van der Waals surface area contributed by atoms with Gasteiger partial charge in [-0.1, -0.05) is 16.7 Å². The average Bonchev–Trinajstić information content (AvgIpc) is 2.03. The second-order valence-electron chi connectivity index (χ2n) is 1.78. The first-order valence-electron chi connectivity index (χ1n) is 2.95. The molecule has 7 heteroatoms. The number of azide groups is 1. The molecule has 0 radical (unpaired) electrons. The molecular weight excluding hydrogens is 202 g/mol. The zero-order valence-electron chi connectivity index (χ0n) is 6.65. The molecule has 0 saturated heterocycles. The van der Waals surface area contributed by atoms with Gasteiger partial charge >= 0.3 is 0 Å². The van der Waals surface area contributed by atoms with Gasteiger partial charge in [0.25, 0.3) is 0 Å². The quantitative estimate of drug-likeness (QED) is 0.404. The predicted molar refractivity (Wildman–Crippen MR) is 47.7 cm³/mol. The van der Waals surface area contributed by atoms with E-state index < -0.39 is 11.1 Å². The van der Waals surface area contributed by atoms with Gasteiger partial charge in [-0.2, -0.15) is 0 Å². The summed E-state index contributed by atoms with van der Waals surface area (Å²) in [5, 5.41) is 3.58. The third-order valence-corrected chi connectivity index (χ3v) is 2.10. The van der Waals surface area contributed by atoms with Gasteiger partial charge < -0.3 is 0 Å². The molecule has 0 rings (SSSR count). The molecule has 0 heterocycles. The number of halogens is 1. The molecule has 68 valence electrons. The van der Waals surface area contributed by atoms with Gasteiger partial charge in [-0.25, -0.2) is 4.21 Å². The maximum atomic E-state index is 10.8. The van der Waals surface area contributed by atoms with Gasteiger partial charge in [-0.3, -0.25) is 4.18 Å². The minimum Gasteiger partial charge on any atom is -0.294 e. The van der Waals surface area contributed by atoms with E-state index in [1.165, 1.54) is 7.11 Å². The Morgan fingerprint density at radius 1 is 1.83 bits per heavy atom. The molecule has 0 aliphatic heterocycles. The van der Waals surface area contributed by atoms with Crippen molar-refractivity contribution in [3.05, 3.63) is 21.2 Å². The van der Waals surface area contributed by atoms with Crippen LogP contribution in [0, 0.1) is 0 Å². The van der Waals surface area contributed by atoms with Crippen molar-refractivity contribution in [3.63, 3.8) is 0 Å². The third kappa shape index (κ3) is 4.35. The Morgan fingerprint density at radius 2 is 2.42 bits per heavy atom. The molecule has 12 heavy (non-hydrogen) atoms. The lowest BCUT2D eigenvalue weighted by Gasteiger charge is -1.99. The Morgan fingerprint density at radius 3 is 2.75 bits per heavy atom. The minimum atomic E-state index is -1.49. The van der Waals surface area contributed by atoms with E-state index in [-0.39, 0.29) is 11.4 Å². The number of allylic oxidation sites excluding steroid dienone is 1. The Balaban J connectivity index is 4.47. The number of nitrogens with zero attached hydrogens (tertiary/aromatic N) is 3. The van der Waals surface area contributed by atoms with E-state index in [0.29, 0.717) is 5.03 Å². The molecule has 0 aliphatic carbocycles. The fourth-order valence-corrected chi connectivity index (χ4v) is 1.22. The van der Waals surface area contributed by atoms with Crippen molar-refractivity contribution >= 4 is 22.7 Å². The summed E-state index contributed by atoms with van der Waals surface area (Å²) in [6.45, 7) is 1.55. The molecule has 1 atom stereocenters. The lowest BCUT2D eigenvalue weighted by atomic mass is 10.5. The normalized spacial score (nSPS) is 14.6. The van der Waals surface area contributed by atoms with Crippen LogP contribution in [0.3, 0.4) is 0 Å². The largest absolute Gasteiger partial charge is 0.294 e. The standard InChI is InChI=1S/C5H8ClN3O2S/c1-4(6)5(8-9-7)3-12(10)11-2/h3H2,1-2H3/b5-4-. The van der Waals surface area contributed by atoms with E-state index >= 15 is 0 Å². The summed E-state index contributed by atoms with van der Waals surface area (Å²) in [5.74, 6) is 0.00981. The van der Waals surface area contributed by atoms with Crippen molar-refractivity contribution in [2.75, 3.05) is 12.9 Å². The summed E-state index contributed by atoms with van der Waals surface area (Å²) in [7, 11) is 1.30. The highest BCUT2D eigenvalue weighted by molar-refractivity contribution is 7.80. The van der Waals surface area contributed by atoms with Crippen LogP contribution in [0.5, 0.6) is 0 Å². The van der Waals surface area contributed by atoms with Gasteiger partial charge in [0, 0.05) is 15.6 Å². The Kier molecular flexibility index (Phi) is 5.74. The predicted octanol–water partition coefficient (Wildman–Crippen LogP) is 2.08. The third-order valence-electron chi connectivity index (χ3n) is 1.00. The molecule has 0 aliphatic rings. The first-order chi connectivity index (χ1) is 5.61. The first kappa shape index (κ1) is 11.4. The molecule has 0 aromatic rings. The SMILES string of the molecule is COS(=O)C/C(N=[N+]=[N-])=C(\C)Cl. The van der Waals surface area contributed by atoms with E-state index in [2.05, 4.69) is 14.2 Å². The average molecular weight is 210 g/mol. The van der Waals surface area contributed by atoms with Crippen molar-refractivity contribution in [2.24, 2.45) is 5.11 Å². The van der Waals surface area contributed by atoms with E-state index in [9.17, 15) is 4.21 Å². The van der Waals surface area contributed by atoms with Crippen LogP contribution in [0.15, 0.2) is 15.8 Å². The second kappa shape index (κ2) is 6.02. The van der Waals surface area contributed by atoms with Crippen LogP contribution in [-0.2, 0) is 15.3 Å². The van der Waals surface area contributed by atoms with Crippen molar-refractivity contribution < 1.29 is 8.39 Å².